The van der Waals surface area contributed by atoms with Crippen LogP contribution in [0.2, 0.25) is 10.0 Å². The fraction of sp³-hybridized carbons (Fsp3) is 0.200. The van der Waals surface area contributed by atoms with Gasteiger partial charge in [-0.2, -0.15) is 0 Å². The average Bonchev–Trinajstić information content (AvgIpc) is 2.83. The van der Waals surface area contributed by atoms with Crippen molar-refractivity contribution in [3.05, 3.63) is 45.1 Å². The van der Waals surface area contributed by atoms with E-state index < -0.39 is 11.9 Å². The summed E-state index contributed by atoms with van der Waals surface area (Å²) in [6.45, 7) is 1.69. The van der Waals surface area contributed by atoms with E-state index in [0.717, 1.165) is 0 Å². The van der Waals surface area contributed by atoms with Crippen molar-refractivity contribution in [1.29, 1.82) is 0 Å². The van der Waals surface area contributed by atoms with Gasteiger partial charge < -0.3 is 14.5 Å². The number of benzene rings is 1. The van der Waals surface area contributed by atoms with E-state index in [0.29, 0.717) is 26.9 Å². The lowest BCUT2D eigenvalue weighted by Crippen LogP contribution is -2.11. The summed E-state index contributed by atoms with van der Waals surface area (Å²) >= 11 is 12.1. The highest BCUT2D eigenvalue weighted by Gasteiger charge is 2.27. The number of ether oxygens (including phenoxy) is 2. The molecule has 2 aromatic rings. The molecule has 7 heteroatoms. The molecular formula is C15H13Cl2NO4. The van der Waals surface area contributed by atoms with Gasteiger partial charge in [0.1, 0.15) is 5.69 Å². The Labute approximate surface area is 137 Å². The number of methoxy groups -OCH3 is 2. The van der Waals surface area contributed by atoms with Gasteiger partial charge in [0.25, 0.3) is 0 Å². The minimum absolute atomic E-state index is 0.0212. The Morgan fingerprint density at radius 1 is 1.09 bits per heavy atom. The van der Waals surface area contributed by atoms with Crippen molar-refractivity contribution in [2.24, 2.45) is 0 Å². The fourth-order valence-corrected chi connectivity index (χ4v) is 2.67. The number of halogens is 2. The van der Waals surface area contributed by atoms with Crippen LogP contribution in [0.3, 0.4) is 0 Å². The molecule has 0 aliphatic heterocycles. The largest absolute Gasteiger partial charge is 0.465 e. The van der Waals surface area contributed by atoms with Crippen molar-refractivity contribution in [3.63, 3.8) is 0 Å². The summed E-state index contributed by atoms with van der Waals surface area (Å²) in [5, 5.41) is 0.879. The molecule has 22 heavy (non-hydrogen) atoms. The van der Waals surface area contributed by atoms with Crippen molar-refractivity contribution in [2.45, 2.75) is 6.92 Å². The number of hydrogen-bond acceptors (Lipinski definition) is 4. The maximum absolute atomic E-state index is 12.0. The number of nitrogens with one attached hydrogen (secondary N) is 1. The first kappa shape index (κ1) is 16.4. The molecule has 0 unspecified atom stereocenters. The molecule has 1 N–H and O–H groups in total. The Kier molecular flexibility index (Phi) is 4.78. The summed E-state index contributed by atoms with van der Waals surface area (Å²) in [4.78, 5) is 26.7. The Morgan fingerprint density at radius 3 is 2.27 bits per heavy atom. The highest BCUT2D eigenvalue weighted by Crippen LogP contribution is 2.34. The quantitative estimate of drug-likeness (QED) is 0.860. The fourth-order valence-electron chi connectivity index (χ4n) is 2.17. The second kappa shape index (κ2) is 6.42. The van der Waals surface area contributed by atoms with Crippen LogP contribution < -0.4 is 0 Å². The highest BCUT2D eigenvalue weighted by atomic mass is 35.5. The predicted octanol–water partition coefficient (Wildman–Crippen LogP) is 3.87. The van der Waals surface area contributed by atoms with E-state index in [1.54, 1.807) is 25.1 Å². The van der Waals surface area contributed by atoms with Crippen molar-refractivity contribution in [1.82, 2.24) is 4.98 Å². The van der Waals surface area contributed by atoms with Gasteiger partial charge in [-0.05, 0) is 30.7 Å². The van der Waals surface area contributed by atoms with Crippen LogP contribution in [-0.4, -0.2) is 31.1 Å². The van der Waals surface area contributed by atoms with Crippen LogP contribution in [0.1, 0.15) is 26.4 Å². The van der Waals surface area contributed by atoms with Crippen LogP contribution in [0.4, 0.5) is 0 Å². The SMILES string of the molecule is COC(=O)c1[nH]c(-c2ccc(Cl)cc2Cl)c(C)c1C(=O)OC. The summed E-state index contributed by atoms with van der Waals surface area (Å²) in [6, 6.07) is 4.94. The van der Waals surface area contributed by atoms with Gasteiger partial charge in [0, 0.05) is 10.6 Å². The van der Waals surface area contributed by atoms with E-state index in [1.807, 2.05) is 0 Å². The molecule has 0 saturated heterocycles. The number of esters is 2. The van der Waals surface area contributed by atoms with E-state index >= 15 is 0 Å². The molecule has 0 saturated carbocycles. The Balaban J connectivity index is 2.70. The van der Waals surface area contributed by atoms with E-state index in [-0.39, 0.29) is 11.3 Å². The van der Waals surface area contributed by atoms with E-state index in [1.165, 1.54) is 14.2 Å². The number of aromatic nitrogens is 1. The first-order valence-electron chi connectivity index (χ1n) is 6.25. The van der Waals surface area contributed by atoms with E-state index in [2.05, 4.69) is 4.98 Å². The zero-order valence-electron chi connectivity index (χ0n) is 12.1. The summed E-state index contributed by atoms with van der Waals surface area (Å²) in [7, 11) is 2.47. The number of H-pyrrole nitrogens is 1. The molecule has 0 fully saturated rings. The zero-order chi connectivity index (χ0) is 16.4. The topological polar surface area (TPSA) is 68.4 Å². The summed E-state index contributed by atoms with van der Waals surface area (Å²) in [6.07, 6.45) is 0. The van der Waals surface area contributed by atoms with Crippen molar-refractivity contribution in [3.8, 4) is 11.3 Å². The lowest BCUT2D eigenvalue weighted by atomic mass is 10.1. The molecule has 0 atom stereocenters. The van der Waals surface area contributed by atoms with Gasteiger partial charge in [0.05, 0.1) is 30.5 Å². The van der Waals surface area contributed by atoms with Crippen molar-refractivity contribution < 1.29 is 19.1 Å². The second-order valence-corrected chi connectivity index (χ2v) is 5.33. The maximum Gasteiger partial charge on any atom is 0.355 e. The minimum Gasteiger partial charge on any atom is -0.465 e. The lowest BCUT2D eigenvalue weighted by molar-refractivity contribution is 0.0551. The van der Waals surface area contributed by atoms with Gasteiger partial charge in [-0.25, -0.2) is 9.59 Å². The summed E-state index contributed by atoms with van der Waals surface area (Å²) in [5.41, 5.74) is 1.83. The minimum atomic E-state index is -0.667. The standard InChI is InChI=1S/C15H13Cl2NO4/c1-7-11(14(19)21-2)13(15(20)22-3)18-12(7)9-5-4-8(16)6-10(9)17/h4-6,18H,1-3H3. The van der Waals surface area contributed by atoms with Crippen molar-refractivity contribution in [2.75, 3.05) is 14.2 Å². The van der Waals surface area contributed by atoms with Gasteiger partial charge in [0.15, 0.2) is 0 Å². The molecule has 1 aromatic carbocycles. The third kappa shape index (κ3) is 2.82. The predicted molar refractivity (Wildman–Crippen MR) is 83.7 cm³/mol. The van der Waals surface area contributed by atoms with Crippen LogP contribution in [0.25, 0.3) is 11.3 Å². The zero-order valence-corrected chi connectivity index (χ0v) is 13.6. The number of carbonyl (C=O) groups is 2. The molecule has 0 spiro atoms. The number of aromatic amines is 1. The van der Waals surface area contributed by atoms with Crippen LogP contribution in [0.5, 0.6) is 0 Å². The maximum atomic E-state index is 12.0. The van der Waals surface area contributed by atoms with Crippen LogP contribution >= 0.6 is 23.2 Å². The molecule has 0 amide bonds. The molecule has 5 nitrogen and oxygen atoms in total. The summed E-state index contributed by atoms with van der Waals surface area (Å²) < 4.78 is 9.42. The molecule has 0 radical (unpaired) electrons. The first-order valence-corrected chi connectivity index (χ1v) is 7.00. The first-order chi connectivity index (χ1) is 10.4. The van der Waals surface area contributed by atoms with Crippen LogP contribution in [-0.2, 0) is 9.47 Å². The third-order valence-corrected chi connectivity index (χ3v) is 3.78. The molecular weight excluding hydrogens is 329 g/mol. The smallest absolute Gasteiger partial charge is 0.355 e. The number of rotatable bonds is 3. The molecule has 1 heterocycles. The molecule has 0 bridgehead atoms. The van der Waals surface area contributed by atoms with E-state index in [4.69, 9.17) is 32.7 Å². The van der Waals surface area contributed by atoms with Gasteiger partial charge >= 0.3 is 11.9 Å². The van der Waals surface area contributed by atoms with Gasteiger partial charge in [0.2, 0.25) is 0 Å². The highest BCUT2D eigenvalue weighted by molar-refractivity contribution is 6.36. The molecule has 0 aliphatic rings. The average molecular weight is 342 g/mol. The monoisotopic (exact) mass is 341 g/mol. The number of carbonyl (C=O) groups excluding carboxylic acids is 2. The van der Waals surface area contributed by atoms with Gasteiger partial charge in [-0.15, -0.1) is 0 Å². The Morgan fingerprint density at radius 2 is 1.73 bits per heavy atom. The lowest BCUT2D eigenvalue weighted by Gasteiger charge is -2.04. The van der Waals surface area contributed by atoms with Gasteiger partial charge in [-0.1, -0.05) is 23.2 Å². The van der Waals surface area contributed by atoms with Crippen molar-refractivity contribution >= 4 is 35.1 Å². The number of hydrogen-bond donors (Lipinski definition) is 1. The molecule has 0 aliphatic carbocycles. The van der Waals surface area contributed by atoms with Crippen LogP contribution in [0, 0.1) is 6.92 Å². The third-order valence-electron chi connectivity index (χ3n) is 3.23. The van der Waals surface area contributed by atoms with E-state index in [9.17, 15) is 9.59 Å². The second-order valence-electron chi connectivity index (χ2n) is 4.48. The van der Waals surface area contributed by atoms with Crippen LogP contribution in [0.15, 0.2) is 18.2 Å². The molecule has 1 aromatic heterocycles. The molecule has 2 rings (SSSR count). The van der Waals surface area contributed by atoms with Gasteiger partial charge in [-0.3, -0.25) is 0 Å². The molecule has 116 valence electrons. The summed E-state index contributed by atoms with van der Waals surface area (Å²) in [5.74, 6) is -1.30. The normalized spacial score (nSPS) is 10.4. The Hall–Kier alpha value is -1.98. The Bertz CT molecular complexity index is 752.